The van der Waals surface area contributed by atoms with Gasteiger partial charge in [0.2, 0.25) is 11.8 Å². The van der Waals surface area contributed by atoms with Crippen molar-refractivity contribution < 1.29 is 18.8 Å². The van der Waals surface area contributed by atoms with Gasteiger partial charge in [0.25, 0.3) is 0 Å². The van der Waals surface area contributed by atoms with Crippen LogP contribution in [0.15, 0.2) is 42.5 Å². The highest BCUT2D eigenvalue weighted by Crippen LogP contribution is 2.43. The van der Waals surface area contributed by atoms with E-state index in [1.54, 1.807) is 7.11 Å². The number of halogens is 2. The highest BCUT2D eigenvalue weighted by Gasteiger charge is 2.52. The third-order valence-corrected chi connectivity index (χ3v) is 9.98. The molecule has 10 heteroatoms. The number of aromatic nitrogens is 1. The second kappa shape index (κ2) is 11.1. The minimum atomic E-state index is -0.585. The molecule has 7 nitrogen and oxygen atoms in total. The molecule has 2 saturated heterocycles. The van der Waals surface area contributed by atoms with Crippen molar-refractivity contribution in [2.75, 3.05) is 13.7 Å². The van der Waals surface area contributed by atoms with Gasteiger partial charge in [-0.2, -0.15) is 0 Å². The Bertz CT molecular complexity index is 1530. The molecule has 1 aliphatic carbocycles. The third-order valence-electron chi connectivity index (χ3n) is 9.15. The lowest BCUT2D eigenvalue weighted by atomic mass is 9.77. The molecule has 3 aromatic rings. The molecule has 0 bridgehead atoms. The fourth-order valence-corrected chi connectivity index (χ4v) is 6.71. The first-order valence-electron chi connectivity index (χ1n) is 14.5. The molecule has 0 saturated carbocycles. The van der Waals surface area contributed by atoms with Gasteiger partial charge in [-0.3, -0.25) is 4.79 Å². The lowest BCUT2D eigenvalue weighted by Gasteiger charge is -2.32. The molecule has 3 heterocycles. The molecule has 220 valence electrons. The van der Waals surface area contributed by atoms with E-state index < -0.39 is 18.3 Å². The maximum Gasteiger partial charge on any atom is 0.496 e. The van der Waals surface area contributed by atoms with Gasteiger partial charge >= 0.3 is 7.12 Å². The Morgan fingerprint density at radius 2 is 1.67 bits per heavy atom. The third kappa shape index (κ3) is 5.22. The molecule has 0 spiro atoms. The molecule has 2 aliphatic heterocycles. The van der Waals surface area contributed by atoms with Crippen LogP contribution in [0.5, 0.6) is 5.88 Å². The van der Waals surface area contributed by atoms with E-state index in [1.807, 2.05) is 64.1 Å². The zero-order valence-corrected chi connectivity index (χ0v) is 26.2. The summed E-state index contributed by atoms with van der Waals surface area (Å²) < 4.78 is 18.4. The number of ether oxygens (including phenoxy) is 1. The maximum absolute atomic E-state index is 11.6. The fraction of sp³-hybridized carbons (Fsp3) is 0.438. The Morgan fingerprint density at radius 3 is 2.33 bits per heavy atom. The van der Waals surface area contributed by atoms with Crippen molar-refractivity contribution in [3.63, 3.8) is 0 Å². The van der Waals surface area contributed by atoms with Crippen molar-refractivity contribution in [2.45, 2.75) is 76.7 Å². The van der Waals surface area contributed by atoms with Crippen LogP contribution in [0.3, 0.4) is 0 Å². The predicted octanol–water partition coefficient (Wildman–Crippen LogP) is 5.89. The number of benzene rings is 2. The number of methoxy groups -OCH3 is 1. The number of nitrogens with one attached hydrogen (secondary N) is 2. The minimum Gasteiger partial charge on any atom is -0.481 e. The number of carbonyl (C=O) groups is 1. The zero-order valence-electron chi connectivity index (χ0n) is 24.6. The Morgan fingerprint density at radius 1 is 1.00 bits per heavy atom. The summed E-state index contributed by atoms with van der Waals surface area (Å²) in [6.07, 6.45) is 3.29. The smallest absolute Gasteiger partial charge is 0.481 e. The summed E-state index contributed by atoms with van der Waals surface area (Å²) in [6.45, 7) is 8.82. The number of amides is 1. The van der Waals surface area contributed by atoms with Gasteiger partial charge in [0.1, 0.15) is 0 Å². The van der Waals surface area contributed by atoms with Crippen LogP contribution in [0.4, 0.5) is 0 Å². The van der Waals surface area contributed by atoms with Gasteiger partial charge in [-0.25, -0.2) is 4.98 Å². The quantitative estimate of drug-likeness (QED) is 0.326. The van der Waals surface area contributed by atoms with Crippen molar-refractivity contribution in [2.24, 2.45) is 0 Å². The summed E-state index contributed by atoms with van der Waals surface area (Å²) in [5.74, 6) is 0.716. The van der Waals surface area contributed by atoms with E-state index in [0.29, 0.717) is 22.3 Å². The summed E-state index contributed by atoms with van der Waals surface area (Å²) in [5, 5.41) is 7.76. The van der Waals surface area contributed by atoms with Crippen molar-refractivity contribution in [3.8, 4) is 28.3 Å². The topological polar surface area (TPSA) is 81.7 Å². The molecular formula is C32H36BCl2N3O4. The average molecular weight is 608 g/mol. The van der Waals surface area contributed by atoms with E-state index in [1.165, 1.54) is 5.56 Å². The summed E-state index contributed by atoms with van der Waals surface area (Å²) >= 11 is 14.1. The number of hydrogen-bond donors (Lipinski definition) is 2. The number of carbonyl (C=O) groups excluding carboxylic acids is 1. The standard InChI is InChI=1S/C32H36BCl2N3O4/c1-31(2)32(3,4)42-33(41-31)23-11-7-9-21(29(23)35)20-8-6-10-22(28(20)34)25-16-18-12-14-24(27(18)30(38-25)40-5)36-17-19-13-15-26(39)37-19/h6-11,16,19,24,36H,12-15,17H2,1-5H3,(H,37,39)/t19-,24-/m0/s1. The van der Waals surface area contributed by atoms with Crippen LogP contribution >= 0.6 is 23.2 Å². The Balaban J connectivity index is 1.31. The van der Waals surface area contributed by atoms with Crippen LogP contribution in [-0.2, 0) is 20.5 Å². The van der Waals surface area contributed by atoms with E-state index in [0.717, 1.165) is 59.2 Å². The lowest BCUT2D eigenvalue weighted by Crippen LogP contribution is -2.41. The summed E-state index contributed by atoms with van der Waals surface area (Å²) in [5.41, 5.74) is 5.23. The van der Waals surface area contributed by atoms with Gasteiger partial charge in [0.05, 0.1) is 29.0 Å². The summed E-state index contributed by atoms with van der Waals surface area (Å²) in [4.78, 5) is 16.5. The number of rotatable bonds is 7. The Hall–Kier alpha value is -2.62. The van der Waals surface area contributed by atoms with Crippen LogP contribution in [0.25, 0.3) is 22.4 Å². The van der Waals surface area contributed by atoms with Crippen molar-refractivity contribution >= 4 is 41.7 Å². The largest absolute Gasteiger partial charge is 0.496 e. The van der Waals surface area contributed by atoms with E-state index in [-0.39, 0.29) is 18.0 Å². The predicted molar refractivity (Wildman–Crippen MR) is 168 cm³/mol. The number of fused-ring (bicyclic) bond motifs is 1. The molecular weight excluding hydrogens is 572 g/mol. The van der Waals surface area contributed by atoms with Crippen LogP contribution < -0.4 is 20.8 Å². The van der Waals surface area contributed by atoms with Crippen molar-refractivity contribution in [1.82, 2.24) is 15.6 Å². The summed E-state index contributed by atoms with van der Waals surface area (Å²) in [7, 11) is 1.07. The van der Waals surface area contributed by atoms with Gasteiger partial charge in [0, 0.05) is 57.8 Å². The van der Waals surface area contributed by atoms with Crippen molar-refractivity contribution in [3.05, 3.63) is 63.6 Å². The Labute approximate surface area is 257 Å². The molecule has 42 heavy (non-hydrogen) atoms. The van der Waals surface area contributed by atoms with Gasteiger partial charge in [0.15, 0.2) is 0 Å². The van der Waals surface area contributed by atoms with Crippen LogP contribution in [0.1, 0.15) is 64.1 Å². The lowest BCUT2D eigenvalue weighted by molar-refractivity contribution is -0.119. The average Bonchev–Trinajstić information content (AvgIpc) is 3.62. The fourth-order valence-electron chi connectivity index (χ4n) is 6.07. The molecule has 2 aromatic carbocycles. The number of nitrogens with zero attached hydrogens (tertiary/aromatic N) is 1. The number of hydrogen-bond acceptors (Lipinski definition) is 6. The molecule has 6 rings (SSSR count). The van der Waals surface area contributed by atoms with Crippen molar-refractivity contribution in [1.29, 1.82) is 0 Å². The van der Waals surface area contributed by atoms with E-state index in [4.69, 9.17) is 42.2 Å². The second-order valence-electron chi connectivity index (χ2n) is 12.4. The molecule has 2 fully saturated rings. The molecule has 0 unspecified atom stereocenters. The van der Waals surface area contributed by atoms with Crippen LogP contribution in [-0.4, -0.2) is 48.9 Å². The van der Waals surface area contributed by atoms with E-state index in [9.17, 15) is 4.79 Å². The molecule has 1 amide bonds. The number of aryl methyl sites for hydroxylation is 1. The first kappa shape index (κ1) is 29.5. The van der Waals surface area contributed by atoms with Gasteiger partial charge in [-0.1, -0.05) is 59.6 Å². The Kier molecular flexibility index (Phi) is 7.82. The van der Waals surface area contributed by atoms with Gasteiger partial charge in [-0.15, -0.1) is 0 Å². The maximum atomic E-state index is 11.6. The molecule has 0 radical (unpaired) electrons. The molecule has 2 atom stereocenters. The normalized spacial score (nSPS) is 22.4. The number of pyridine rings is 1. The minimum absolute atomic E-state index is 0.118. The first-order chi connectivity index (χ1) is 20.0. The highest BCUT2D eigenvalue weighted by molar-refractivity contribution is 6.66. The first-order valence-corrected chi connectivity index (χ1v) is 15.3. The van der Waals surface area contributed by atoms with Crippen LogP contribution in [0, 0.1) is 0 Å². The molecule has 2 N–H and O–H groups in total. The summed E-state index contributed by atoms with van der Waals surface area (Å²) in [6, 6.07) is 14.1. The van der Waals surface area contributed by atoms with Gasteiger partial charge < -0.3 is 24.7 Å². The zero-order chi connectivity index (χ0) is 29.8. The second-order valence-corrected chi connectivity index (χ2v) is 13.1. The van der Waals surface area contributed by atoms with E-state index in [2.05, 4.69) is 16.7 Å². The van der Waals surface area contributed by atoms with Gasteiger partial charge in [-0.05, 0) is 58.6 Å². The van der Waals surface area contributed by atoms with E-state index >= 15 is 0 Å². The monoisotopic (exact) mass is 607 g/mol. The highest BCUT2D eigenvalue weighted by atomic mass is 35.5. The molecule has 1 aromatic heterocycles. The SMILES string of the molecule is COc1nc(-c2cccc(-c3cccc(B4OC(C)(C)C(C)(C)O4)c3Cl)c2Cl)cc2c1[C@@H](NC[C@@H]1CCC(=O)N1)CC2. The molecule has 3 aliphatic rings. The van der Waals surface area contributed by atoms with Crippen LogP contribution in [0.2, 0.25) is 10.0 Å².